The minimum absolute atomic E-state index is 0.190. The molecule has 3 aromatic rings. The molecule has 0 aliphatic carbocycles. The van der Waals surface area contributed by atoms with Gasteiger partial charge in [-0.05, 0) is 23.8 Å². The maximum atomic E-state index is 13.2. The number of nitrogens with zero attached hydrogens (tertiary/aromatic N) is 3. The van der Waals surface area contributed by atoms with Crippen LogP contribution in [0, 0.1) is 5.82 Å². The van der Waals surface area contributed by atoms with Crippen molar-refractivity contribution in [1.82, 2.24) is 19.8 Å². The molecule has 10 heteroatoms. The van der Waals surface area contributed by atoms with Gasteiger partial charge < -0.3 is 19.5 Å². The van der Waals surface area contributed by atoms with E-state index in [1.165, 1.54) is 28.4 Å². The van der Waals surface area contributed by atoms with Gasteiger partial charge in [0, 0.05) is 38.3 Å². The number of rotatable bonds is 6. The molecule has 3 rings (SSSR count). The smallest absolute Gasteiger partial charge is 0.393 e. The van der Waals surface area contributed by atoms with E-state index in [0.717, 1.165) is 0 Å². The number of nitrogens with one attached hydrogen (secondary N) is 2. The fraction of sp³-hybridized carbons (Fsp3) is 0.211. The highest BCUT2D eigenvalue weighted by atomic mass is 32.1. The van der Waals surface area contributed by atoms with Crippen LogP contribution in [0.2, 0.25) is 0 Å². The molecule has 0 fully saturated rings. The molecule has 2 aromatic heterocycles. The quantitative estimate of drug-likeness (QED) is 0.642. The molecule has 0 unspecified atom stereocenters. The van der Waals surface area contributed by atoms with E-state index in [-0.39, 0.29) is 18.9 Å². The first-order valence-electron chi connectivity index (χ1n) is 8.68. The van der Waals surface area contributed by atoms with E-state index < -0.39 is 12.1 Å². The van der Waals surface area contributed by atoms with E-state index in [4.69, 9.17) is 4.74 Å². The number of amides is 3. The van der Waals surface area contributed by atoms with Crippen LogP contribution in [0.3, 0.4) is 0 Å². The summed E-state index contributed by atoms with van der Waals surface area (Å²) >= 11 is 1.24. The largest absolute Gasteiger partial charge is 0.416 e. The number of ether oxygens (including phenoxy) is 1. The Morgan fingerprint density at radius 3 is 2.86 bits per heavy atom. The number of anilines is 1. The number of hydrogen-bond donors (Lipinski definition) is 2. The standard InChI is InChI=1S/C19H20FN5O3S/c1-24-8-4-7-16(24)28-19(27)25(2)11-15-12-29-18(22-15)23-17(26)21-10-13-5-3-6-14(20)9-13/h3-9,12H,10-11H2,1-2H3,(H2,21,22,23,26). The Morgan fingerprint density at radius 2 is 2.14 bits per heavy atom. The minimum Gasteiger partial charge on any atom is -0.393 e. The van der Waals surface area contributed by atoms with Crippen LogP contribution in [-0.2, 0) is 20.1 Å². The molecule has 0 radical (unpaired) electrons. The average molecular weight is 417 g/mol. The summed E-state index contributed by atoms with van der Waals surface area (Å²) in [5.74, 6) is 0.0847. The zero-order valence-corrected chi connectivity index (χ0v) is 16.7. The maximum absolute atomic E-state index is 13.2. The highest BCUT2D eigenvalue weighted by Crippen LogP contribution is 2.17. The van der Waals surface area contributed by atoms with Gasteiger partial charge in [-0.1, -0.05) is 12.1 Å². The number of carbonyl (C=O) groups excluding carboxylic acids is 2. The molecule has 3 amide bonds. The predicted molar refractivity (Wildman–Crippen MR) is 107 cm³/mol. The van der Waals surface area contributed by atoms with E-state index in [0.29, 0.717) is 22.3 Å². The van der Waals surface area contributed by atoms with E-state index in [1.807, 2.05) is 0 Å². The summed E-state index contributed by atoms with van der Waals surface area (Å²) in [6.07, 6.45) is 1.27. The second-order valence-corrected chi connectivity index (χ2v) is 7.12. The number of thiazole rings is 1. The zero-order valence-electron chi connectivity index (χ0n) is 15.9. The molecule has 0 bridgehead atoms. The van der Waals surface area contributed by atoms with Crippen LogP contribution in [0.25, 0.3) is 0 Å². The first kappa shape index (κ1) is 20.3. The molecule has 152 valence electrons. The van der Waals surface area contributed by atoms with Crippen LogP contribution in [0.4, 0.5) is 19.1 Å². The van der Waals surface area contributed by atoms with Gasteiger partial charge in [-0.3, -0.25) is 5.32 Å². The van der Waals surface area contributed by atoms with Crippen molar-refractivity contribution in [1.29, 1.82) is 0 Å². The summed E-state index contributed by atoms with van der Waals surface area (Å²) in [5.41, 5.74) is 1.26. The molecule has 8 nitrogen and oxygen atoms in total. The Kier molecular flexibility index (Phi) is 6.45. The molecule has 0 atom stereocenters. The number of hydrogen-bond acceptors (Lipinski definition) is 5. The van der Waals surface area contributed by atoms with Crippen LogP contribution in [-0.4, -0.2) is 33.6 Å². The van der Waals surface area contributed by atoms with E-state index in [9.17, 15) is 14.0 Å². The van der Waals surface area contributed by atoms with Crippen LogP contribution in [0.15, 0.2) is 48.0 Å². The van der Waals surface area contributed by atoms with Crippen LogP contribution >= 0.6 is 11.3 Å². The summed E-state index contributed by atoms with van der Waals surface area (Å²) in [4.78, 5) is 29.8. The summed E-state index contributed by atoms with van der Waals surface area (Å²) in [6.45, 7) is 0.419. The molecule has 0 aliphatic heterocycles. The SMILES string of the molecule is CN(Cc1csc(NC(=O)NCc2cccc(F)c2)n1)C(=O)Oc1cccn1C. The molecular weight excluding hydrogens is 397 g/mol. The Balaban J connectivity index is 1.47. The van der Waals surface area contributed by atoms with Crippen molar-refractivity contribution in [3.8, 4) is 5.88 Å². The lowest BCUT2D eigenvalue weighted by molar-refractivity contribution is 0.157. The van der Waals surface area contributed by atoms with E-state index >= 15 is 0 Å². The molecule has 0 saturated heterocycles. The number of benzene rings is 1. The second kappa shape index (κ2) is 9.20. The van der Waals surface area contributed by atoms with Crippen molar-refractivity contribution in [2.45, 2.75) is 13.1 Å². The number of aryl methyl sites for hydroxylation is 1. The van der Waals surface area contributed by atoms with E-state index in [2.05, 4.69) is 15.6 Å². The summed E-state index contributed by atoms with van der Waals surface area (Å²) in [5, 5.41) is 7.39. The Labute approximate surface area is 170 Å². The highest BCUT2D eigenvalue weighted by Gasteiger charge is 2.15. The first-order valence-corrected chi connectivity index (χ1v) is 9.56. The zero-order chi connectivity index (χ0) is 20.8. The molecule has 29 heavy (non-hydrogen) atoms. The molecule has 0 spiro atoms. The fourth-order valence-electron chi connectivity index (χ4n) is 2.43. The molecular formula is C19H20FN5O3S. The third-order valence-corrected chi connectivity index (χ3v) is 4.72. The van der Waals surface area contributed by atoms with Crippen molar-refractivity contribution in [2.24, 2.45) is 7.05 Å². The van der Waals surface area contributed by atoms with Crippen molar-refractivity contribution in [3.05, 3.63) is 65.0 Å². The van der Waals surface area contributed by atoms with Crippen LogP contribution in [0.5, 0.6) is 5.88 Å². The third-order valence-electron chi connectivity index (χ3n) is 3.91. The van der Waals surface area contributed by atoms with Gasteiger partial charge in [0.15, 0.2) is 5.13 Å². The maximum Gasteiger partial charge on any atom is 0.416 e. The van der Waals surface area contributed by atoms with Crippen molar-refractivity contribution in [3.63, 3.8) is 0 Å². The molecule has 1 aromatic carbocycles. The lowest BCUT2D eigenvalue weighted by Crippen LogP contribution is -2.30. The summed E-state index contributed by atoms with van der Waals surface area (Å²) in [6, 6.07) is 9.01. The van der Waals surface area contributed by atoms with Crippen molar-refractivity contribution < 1.29 is 18.7 Å². The van der Waals surface area contributed by atoms with Crippen molar-refractivity contribution >= 4 is 28.6 Å². The van der Waals surface area contributed by atoms with Gasteiger partial charge in [0.2, 0.25) is 5.88 Å². The Morgan fingerprint density at radius 1 is 1.31 bits per heavy atom. The van der Waals surface area contributed by atoms with Crippen LogP contribution in [0.1, 0.15) is 11.3 Å². The molecule has 0 aliphatic rings. The van der Waals surface area contributed by atoms with Gasteiger partial charge in [-0.25, -0.2) is 19.0 Å². The number of halogens is 1. The topological polar surface area (TPSA) is 88.5 Å². The lowest BCUT2D eigenvalue weighted by atomic mass is 10.2. The fourth-order valence-corrected chi connectivity index (χ4v) is 3.13. The first-order chi connectivity index (χ1) is 13.9. The normalized spacial score (nSPS) is 10.4. The van der Waals surface area contributed by atoms with Gasteiger partial charge in [0.1, 0.15) is 5.82 Å². The molecule has 0 saturated carbocycles. The predicted octanol–water partition coefficient (Wildman–Crippen LogP) is 3.57. The lowest BCUT2D eigenvalue weighted by Gasteiger charge is -2.15. The van der Waals surface area contributed by atoms with Gasteiger partial charge in [-0.2, -0.15) is 0 Å². The molecule has 2 heterocycles. The monoisotopic (exact) mass is 417 g/mol. The Hall–Kier alpha value is -3.40. The van der Waals surface area contributed by atoms with Gasteiger partial charge >= 0.3 is 12.1 Å². The number of urea groups is 1. The third kappa shape index (κ3) is 5.79. The number of aromatic nitrogens is 2. The van der Waals surface area contributed by atoms with Crippen molar-refractivity contribution in [2.75, 3.05) is 12.4 Å². The van der Waals surface area contributed by atoms with Gasteiger partial charge in [0.05, 0.1) is 12.2 Å². The van der Waals surface area contributed by atoms with E-state index in [1.54, 1.807) is 54.5 Å². The summed E-state index contributed by atoms with van der Waals surface area (Å²) in [7, 11) is 3.38. The minimum atomic E-state index is -0.512. The highest BCUT2D eigenvalue weighted by molar-refractivity contribution is 7.13. The van der Waals surface area contributed by atoms with Crippen LogP contribution < -0.4 is 15.4 Å². The average Bonchev–Trinajstić information content (AvgIpc) is 3.29. The molecule has 2 N–H and O–H groups in total. The second-order valence-electron chi connectivity index (χ2n) is 6.26. The van der Waals surface area contributed by atoms with Gasteiger partial charge in [0.25, 0.3) is 0 Å². The Bertz CT molecular complexity index is 1000. The summed E-state index contributed by atoms with van der Waals surface area (Å²) < 4.78 is 20.1. The number of carbonyl (C=O) groups is 2. The van der Waals surface area contributed by atoms with Gasteiger partial charge in [-0.15, -0.1) is 11.3 Å².